The van der Waals surface area contributed by atoms with E-state index in [4.69, 9.17) is 11.6 Å². The average molecular weight is 338 g/mol. The molecule has 0 saturated heterocycles. The third-order valence-corrected chi connectivity index (χ3v) is 4.18. The van der Waals surface area contributed by atoms with Gasteiger partial charge in [0, 0.05) is 17.6 Å². The highest BCUT2D eigenvalue weighted by molar-refractivity contribution is 6.30. The number of carbonyl (C=O) groups excluding carboxylic acids is 2. The van der Waals surface area contributed by atoms with Crippen molar-refractivity contribution in [1.29, 1.82) is 0 Å². The Morgan fingerprint density at radius 2 is 2.00 bits per heavy atom. The summed E-state index contributed by atoms with van der Waals surface area (Å²) >= 11 is 5.94. The smallest absolute Gasteiger partial charge is 0.321 e. The highest BCUT2D eigenvalue weighted by Crippen LogP contribution is 2.17. The van der Waals surface area contributed by atoms with Crippen molar-refractivity contribution in [2.45, 2.75) is 44.7 Å². The number of rotatable bonds is 5. The first kappa shape index (κ1) is 17.8. The van der Waals surface area contributed by atoms with E-state index < -0.39 is 6.03 Å². The van der Waals surface area contributed by atoms with Crippen LogP contribution in [-0.4, -0.2) is 36.5 Å². The van der Waals surface area contributed by atoms with Gasteiger partial charge in [0.2, 0.25) is 5.91 Å². The van der Waals surface area contributed by atoms with Gasteiger partial charge in [0.1, 0.15) is 0 Å². The van der Waals surface area contributed by atoms with Crippen molar-refractivity contribution < 1.29 is 9.59 Å². The molecule has 1 saturated carbocycles. The molecule has 3 amide bonds. The van der Waals surface area contributed by atoms with Crippen LogP contribution in [0.3, 0.4) is 0 Å². The highest BCUT2D eigenvalue weighted by Gasteiger charge is 2.17. The molecule has 2 rings (SSSR count). The number of nitrogens with one attached hydrogen (secondary N) is 2. The molecule has 0 atom stereocenters. The van der Waals surface area contributed by atoms with Crippen molar-refractivity contribution in [3.63, 3.8) is 0 Å². The molecule has 0 spiro atoms. The van der Waals surface area contributed by atoms with E-state index in [0.29, 0.717) is 11.6 Å². The lowest BCUT2D eigenvalue weighted by molar-refractivity contribution is -0.121. The van der Waals surface area contributed by atoms with Gasteiger partial charge in [0.05, 0.1) is 6.54 Å². The van der Waals surface area contributed by atoms with Gasteiger partial charge in [0.25, 0.3) is 0 Å². The number of amides is 3. The maximum Gasteiger partial charge on any atom is 0.321 e. The Balaban J connectivity index is 1.71. The van der Waals surface area contributed by atoms with Gasteiger partial charge in [-0.15, -0.1) is 0 Å². The van der Waals surface area contributed by atoms with Crippen LogP contribution < -0.4 is 10.6 Å². The van der Waals surface area contributed by atoms with Crippen LogP contribution in [0.15, 0.2) is 24.3 Å². The van der Waals surface area contributed by atoms with Gasteiger partial charge < -0.3 is 5.32 Å². The molecule has 0 unspecified atom stereocenters. The van der Waals surface area contributed by atoms with Crippen LogP contribution in [0.5, 0.6) is 0 Å². The monoisotopic (exact) mass is 337 g/mol. The van der Waals surface area contributed by atoms with Gasteiger partial charge in [-0.1, -0.05) is 43.0 Å². The van der Waals surface area contributed by atoms with Gasteiger partial charge in [-0.2, -0.15) is 0 Å². The Kier molecular flexibility index (Phi) is 6.86. The molecule has 0 aliphatic heterocycles. The lowest BCUT2D eigenvalue weighted by Crippen LogP contribution is -2.47. The van der Waals surface area contributed by atoms with E-state index in [-0.39, 0.29) is 18.5 Å². The number of imide groups is 1. The molecule has 126 valence electrons. The number of hydrogen-bond acceptors (Lipinski definition) is 3. The first-order chi connectivity index (χ1) is 11.0. The van der Waals surface area contributed by atoms with Gasteiger partial charge in [-0.3, -0.25) is 15.0 Å². The molecule has 0 heterocycles. The number of halogens is 1. The van der Waals surface area contributed by atoms with E-state index in [1.54, 1.807) is 0 Å². The van der Waals surface area contributed by atoms with Crippen LogP contribution in [0.2, 0.25) is 5.02 Å². The second-order valence-electron chi connectivity index (χ2n) is 6.16. The minimum Gasteiger partial charge on any atom is -0.335 e. The normalized spacial score (nSPS) is 15.4. The molecule has 6 heteroatoms. The van der Waals surface area contributed by atoms with Crippen molar-refractivity contribution in [1.82, 2.24) is 15.5 Å². The number of likely N-dealkylation sites (N-methyl/N-ethyl adjacent to an activating group) is 1. The molecule has 0 aromatic heterocycles. The fourth-order valence-electron chi connectivity index (χ4n) is 2.88. The third-order valence-electron chi connectivity index (χ3n) is 3.95. The lowest BCUT2D eigenvalue weighted by Gasteiger charge is -2.23. The van der Waals surface area contributed by atoms with E-state index in [1.165, 1.54) is 6.42 Å². The van der Waals surface area contributed by atoms with Crippen LogP contribution in [0, 0.1) is 0 Å². The Morgan fingerprint density at radius 1 is 1.26 bits per heavy atom. The number of hydrogen-bond donors (Lipinski definition) is 2. The second-order valence-corrected chi connectivity index (χ2v) is 6.60. The largest absolute Gasteiger partial charge is 0.335 e. The number of urea groups is 1. The van der Waals surface area contributed by atoms with Gasteiger partial charge >= 0.3 is 6.03 Å². The van der Waals surface area contributed by atoms with Crippen LogP contribution >= 0.6 is 11.6 Å². The zero-order chi connectivity index (χ0) is 16.7. The molecule has 1 aliphatic carbocycles. The summed E-state index contributed by atoms with van der Waals surface area (Å²) in [6, 6.07) is 7.32. The average Bonchev–Trinajstić information content (AvgIpc) is 2.47. The zero-order valence-electron chi connectivity index (χ0n) is 13.5. The minimum atomic E-state index is -0.391. The fourth-order valence-corrected chi connectivity index (χ4v) is 3.10. The standard InChI is InChI=1S/C17H24ClN3O2/c1-21(11-13-6-5-7-14(18)10-13)12-16(22)20-17(23)19-15-8-3-2-4-9-15/h5-7,10,15H,2-4,8-9,11-12H2,1H3,(H2,19,20,22,23). The van der Waals surface area contributed by atoms with E-state index in [1.807, 2.05) is 36.2 Å². The van der Waals surface area contributed by atoms with Gasteiger partial charge in [0.15, 0.2) is 0 Å². The molecular formula is C17H24ClN3O2. The molecule has 23 heavy (non-hydrogen) atoms. The molecule has 1 aromatic carbocycles. The van der Waals surface area contributed by atoms with Crippen molar-refractivity contribution in [2.75, 3.05) is 13.6 Å². The van der Waals surface area contributed by atoms with Crippen molar-refractivity contribution in [3.8, 4) is 0 Å². The number of nitrogens with zero attached hydrogens (tertiary/aromatic N) is 1. The molecule has 0 radical (unpaired) electrons. The summed E-state index contributed by atoms with van der Waals surface area (Å²) in [6.07, 6.45) is 5.50. The minimum absolute atomic E-state index is 0.157. The SMILES string of the molecule is CN(CC(=O)NC(=O)NC1CCCCC1)Cc1cccc(Cl)c1. The third kappa shape index (κ3) is 6.59. The molecule has 5 nitrogen and oxygen atoms in total. The van der Waals surface area contributed by atoms with E-state index in [9.17, 15) is 9.59 Å². The topological polar surface area (TPSA) is 61.4 Å². The van der Waals surface area contributed by atoms with Crippen molar-refractivity contribution in [3.05, 3.63) is 34.9 Å². The lowest BCUT2D eigenvalue weighted by atomic mass is 9.96. The molecule has 1 aliphatic rings. The zero-order valence-corrected chi connectivity index (χ0v) is 14.2. The predicted molar refractivity (Wildman–Crippen MR) is 91.3 cm³/mol. The fraction of sp³-hybridized carbons (Fsp3) is 0.529. The maximum atomic E-state index is 11.9. The second kappa shape index (κ2) is 8.89. The summed E-state index contributed by atoms with van der Waals surface area (Å²) in [4.78, 5) is 25.6. The maximum absolute atomic E-state index is 11.9. The van der Waals surface area contributed by atoms with E-state index >= 15 is 0 Å². The van der Waals surface area contributed by atoms with Crippen LogP contribution in [0.1, 0.15) is 37.7 Å². The van der Waals surface area contributed by atoms with Gasteiger partial charge in [-0.05, 0) is 37.6 Å². The summed E-state index contributed by atoms with van der Waals surface area (Å²) in [5, 5.41) is 5.95. The molecule has 1 aromatic rings. The van der Waals surface area contributed by atoms with Crippen LogP contribution in [0.4, 0.5) is 4.79 Å². The highest BCUT2D eigenvalue weighted by atomic mass is 35.5. The van der Waals surface area contributed by atoms with Crippen LogP contribution in [-0.2, 0) is 11.3 Å². The first-order valence-corrected chi connectivity index (χ1v) is 8.44. The molecular weight excluding hydrogens is 314 g/mol. The quantitative estimate of drug-likeness (QED) is 0.868. The molecule has 1 fully saturated rings. The summed E-state index contributed by atoms with van der Waals surface area (Å²) in [5.74, 6) is -0.303. The van der Waals surface area contributed by atoms with Crippen LogP contribution in [0.25, 0.3) is 0 Å². The number of carbonyl (C=O) groups is 2. The predicted octanol–water partition coefficient (Wildman–Crippen LogP) is 2.93. The van der Waals surface area contributed by atoms with E-state index in [2.05, 4.69) is 10.6 Å². The Bertz CT molecular complexity index is 544. The molecule has 0 bridgehead atoms. The summed E-state index contributed by atoms with van der Waals surface area (Å²) < 4.78 is 0. The van der Waals surface area contributed by atoms with Crippen molar-refractivity contribution in [2.24, 2.45) is 0 Å². The Morgan fingerprint density at radius 3 is 2.70 bits per heavy atom. The first-order valence-electron chi connectivity index (χ1n) is 8.06. The summed E-state index contributed by atoms with van der Waals surface area (Å²) in [7, 11) is 1.83. The van der Waals surface area contributed by atoms with Gasteiger partial charge in [-0.25, -0.2) is 4.79 Å². The van der Waals surface area contributed by atoms with E-state index in [0.717, 1.165) is 31.2 Å². The van der Waals surface area contributed by atoms with Crippen molar-refractivity contribution >= 4 is 23.5 Å². The Hall–Kier alpha value is -1.59. The summed E-state index contributed by atoms with van der Waals surface area (Å²) in [6.45, 7) is 0.753. The molecule has 2 N–H and O–H groups in total. The Labute approximate surface area is 142 Å². The summed E-state index contributed by atoms with van der Waals surface area (Å²) in [5.41, 5.74) is 1.03. The number of benzene rings is 1.